The fraction of sp³-hybridized carbons (Fsp3) is 0.360. The Labute approximate surface area is 194 Å². The molecule has 1 saturated heterocycles. The number of aryl methyl sites for hydroxylation is 1. The second-order valence-electron chi connectivity index (χ2n) is 8.10. The number of Topliss-reactive ketones (excluding diaryl/α,β-unsaturated/α-hetero) is 1. The molecule has 172 valence electrons. The highest BCUT2D eigenvalue weighted by Crippen LogP contribution is 2.21. The van der Waals surface area contributed by atoms with E-state index < -0.39 is 0 Å². The Bertz CT molecular complexity index is 1060. The molecule has 1 aliphatic rings. The van der Waals surface area contributed by atoms with Crippen LogP contribution in [0.3, 0.4) is 0 Å². The van der Waals surface area contributed by atoms with E-state index in [2.05, 4.69) is 22.5 Å². The molecule has 1 fully saturated rings. The van der Waals surface area contributed by atoms with Crippen molar-refractivity contribution >= 4 is 29.1 Å². The number of nitriles is 1. The molecule has 0 radical (unpaired) electrons. The van der Waals surface area contributed by atoms with Crippen LogP contribution in [0.1, 0.15) is 42.6 Å². The minimum absolute atomic E-state index is 0.0128. The first kappa shape index (κ1) is 23.8. The van der Waals surface area contributed by atoms with Gasteiger partial charge >= 0.3 is 6.03 Å². The van der Waals surface area contributed by atoms with Crippen LogP contribution in [-0.4, -0.2) is 53.2 Å². The number of para-hydroxylation sites is 1. The van der Waals surface area contributed by atoms with E-state index >= 15 is 0 Å². The van der Waals surface area contributed by atoms with Crippen LogP contribution in [0, 0.1) is 18.4 Å². The normalized spacial score (nSPS) is 16.2. The molecular formula is C25H30N6O2. The number of amides is 2. The summed E-state index contributed by atoms with van der Waals surface area (Å²) in [5, 5.41) is 14.9. The molecule has 8 nitrogen and oxygen atoms in total. The summed E-state index contributed by atoms with van der Waals surface area (Å²) in [4.78, 5) is 33.1. The summed E-state index contributed by atoms with van der Waals surface area (Å²) >= 11 is 0. The van der Waals surface area contributed by atoms with Crippen molar-refractivity contribution in [3.8, 4) is 6.19 Å². The van der Waals surface area contributed by atoms with Gasteiger partial charge in [-0.2, -0.15) is 5.26 Å². The summed E-state index contributed by atoms with van der Waals surface area (Å²) in [7, 11) is 0. The fourth-order valence-electron chi connectivity index (χ4n) is 3.91. The summed E-state index contributed by atoms with van der Waals surface area (Å²) in [6.07, 6.45) is 3.74. The highest BCUT2D eigenvalue weighted by molar-refractivity contribution is 5.95. The summed E-state index contributed by atoms with van der Waals surface area (Å²) in [5.74, 6) is 0.480. The van der Waals surface area contributed by atoms with Gasteiger partial charge in [0.05, 0.1) is 11.7 Å². The molecule has 8 heteroatoms. The SMILES string of the molecule is CCCC1CN(C(=Nc2ccccc2C)NC#N)CCN1C(=O)Nc1ccc(C(C)=O)cc1. The van der Waals surface area contributed by atoms with Crippen molar-refractivity contribution in [3.05, 3.63) is 59.7 Å². The molecule has 2 aromatic carbocycles. The zero-order valence-electron chi connectivity index (χ0n) is 19.3. The molecule has 33 heavy (non-hydrogen) atoms. The largest absolute Gasteiger partial charge is 0.338 e. The number of nitrogens with zero attached hydrogens (tertiary/aromatic N) is 4. The highest BCUT2D eigenvalue weighted by Gasteiger charge is 2.31. The van der Waals surface area contributed by atoms with Crippen LogP contribution < -0.4 is 10.6 Å². The summed E-state index contributed by atoms with van der Waals surface area (Å²) in [6.45, 7) is 7.21. The third-order valence-electron chi connectivity index (χ3n) is 5.72. The van der Waals surface area contributed by atoms with Gasteiger partial charge in [-0.25, -0.2) is 9.79 Å². The third-order valence-corrected chi connectivity index (χ3v) is 5.72. The van der Waals surface area contributed by atoms with E-state index in [0.29, 0.717) is 36.8 Å². The second-order valence-corrected chi connectivity index (χ2v) is 8.10. The number of urea groups is 1. The standard InChI is InChI=1S/C25H30N6O2/c1-4-7-22-16-30(24(27-17-26)29-23-9-6-5-8-18(23)2)14-15-31(22)25(33)28-21-12-10-20(11-13-21)19(3)32/h5-6,8-13,22H,4,7,14-16H2,1-3H3,(H,27,29)(H,28,33). The van der Waals surface area contributed by atoms with Crippen molar-refractivity contribution in [1.29, 1.82) is 5.26 Å². The minimum atomic E-state index is -0.172. The maximum Gasteiger partial charge on any atom is 0.322 e. The van der Waals surface area contributed by atoms with Gasteiger partial charge in [0.2, 0.25) is 5.96 Å². The van der Waals surface area contributed by atoms with Crippen molar-refractivity contribution in [1.82, 2.24) is 15.1 Å². The van der Waals surface area contributed by atoms with E-state index in [0.717, 1.165) is 24.1 Å². The molecule has 1 unspecified atom stereocenters. The number of rotatable bonds is 5. The molecule has 0 aromatic heterocycles. The first-order valence-electron chi connectivity index (χ1n) is 11.2. The lowest BCUT2D eigenvalue weighted by atomic mass is 10.1. The van der Waals surface area contributed by atoms with Crippen molar-refractivity contribution in [3.63, 3.8) is 0 Å². The first-order chi connectivity index (χ1) is 15.9. The van der Waals surface area contributed by atoms with Gasteiger partial charge in [-0.1, -0.05) is 31.5 Å². The molecule has 1 atom stereocenters. The lowest BCUT2D eigenvalue weighted by Crippen LogP contribution is -2.59. The van der Waals surface area contributed by atoms with Crippen LogP contribution in [0.4, 0.5) is 16.2 Å². The van der Waals surface area contributed by atoms with Gasteiger partial charge in [0, 0.05) is 30.9 Å². The van der Waals surface area contributed by atoms with Crippen molar-refractivity contribution in [2.24, 2.45) is 4.99 Å². The Balaban J connectivity index is 1.74. The molecule has 0 bridgehead atoms. The minimum Gasteiger partial charge on any atom is -0.338 e. The van der Waals surface area contributed by atoms with Gasteiger partial charge in [-0.05, 0) is 56.2 Å². The number of nitrogens with one attached hydrogen (secondary N) is 2. The summed E-state index contributed by atoms with van der Waals surface area (Å²) in [6, 6.07) is 14.5. The van der Waals surface area contributed by atoms with Gasteiger partial charge < -0.3 is 15.1 Å². The lowest BCUT2D eigenvalue weighted by Gasteiger charge is -2.42. The zero-order chi connectivity index (χ0) is 23.8. The Morgan fingerprint density at radius 1 is 1.15 bits per heavy atom. The van der Waals surface area contributed by atoms with Crippen LogP contribution >= 0.6 is 0 Å². The predicted molar refractivity (Wildman–Crippen MR) is 129 cm³/mol. The quantitative estimate of drug-likeness (QED) is 0.235. The van der Waals surface area contributed by atoms with E-state index in [-0.39, 0.29) is 17.9 Å². The van der Waals surface area contributed by atoms with Crippen LogP contribution in [0.25, 0.3) is 0 Å². The Hall–Kier alpha value is -3.86. The molecule has 0 saturated carbocycles. The molecular weight excluding hydrogens is 416 g/mol. The molecule has 2 N–H and O–H groups in total. The van der Waals surface area contributed by atoms with Gasteiger partial charge in [0.1, 0.15) is 0 Å². The van der Waals surface area contributed by atoms with Crippen LogP contribution in [0.15, 0.2) is 53.5 Å². The molecule has 0 aliphatic carbocycles. The van der Waals surface area contributed by atoms with Crippen LogP contribution in [-0.2, 0) is 0 Å². The number of hydrogen-bond donors (Lipinski definition) is 2. The number of guanidine groups is 1. The summed E-state index contributed by atoms with van der Waals surface area (Å²) in [5.41, 5.74) is 3.08. The number of aliphatic imine (C=N–C) groups is 1. The zero-order valence-corrected chi connectivity index (χ0v) is 19.3. The first-order valence-corrected chi connectivity index (χ1v) is 11.2. The Morgan fingerprint density at radius 2 is 1.88 bits per heavy atom. The molecule has 3 rings (SSSR count). The van der Waals surface area contributed by atoms with Gasteiger partial charge in [-0.15, -0.1) is 0 Å². The second kappa shape index (κ2) is 11.1. The van der Waals surface area contributed by atoms with Crippen LogP contribution in [0.2, 0.25) is 0 Å². The number of benzene rings is 2. The topological polar surface area (TPSA) is 101 Å². The smallest absolute Gasteiger partial charge is 0.322 e. The third kappa shape index (κ3) is 6.10. The molecule has 1 heterocycles. The highest BCUT2D eigenvalue weighted by atomic mass is 16.2. The Kier molecular flexibility index (Phi) is 8.03. The number of ketones is 1. The number of carbonyl (C=O) groups excluding carboxylic acids is 2. The van der Waals surface area contributed by atoms with Crippen molar-refractivity contribution < 1.29 is 9.59 Å². The van der Waals surface area contributed by atoms with Crippen molar-refractivity contribution in [2.45, 2.75) is 39.7 Å². The maximum atomic E-state index is 13.0. The van der Waals surface area contributed by atoms with E-state index in [1.807, 2.05) is 47.2 Å². The monoisotopic (exact) mass is 446 g/mol. The number of piperazine rings is 1. The van der Waals surface area contributed by atoms with Gasteiger partial charge in [-0.3, -0.25) is 10.1 Å². The van der Waals surface area contributed by atoms with Crippen LogP contribution in [0.5, 0.6) is 0 Å². The average Bonchev–Trinajstić information content (AvgIpc) is 2.80. The molecule has 1 aliphatic heterocycles. The number of hydrogen-bond acceptors (Lipinski definition) is 4. The fourth-order valence-corrected chi connectivity index (χ4v) is 3.91. The number of anilines is 1. The van der Waals surface area contributed by atoms with Gasteiger partial charge in [0.25, 0.3) is 0 Å². The molecule has 2 amide bonds. The molecule has 0 spiro atoms. The van der Waals surface area contributed by atoms with Gasteiger partial charge in [0.15, 0.2) is 12.0 Å². The van der Waals surface area contributed by atoms with E-state index in [1.54, 1.807) is 24.3 Å². The summed E-state index contributed by atoms with van der Waals surface area (Å²) < 4.78 is 0. The molecule has 2 aromatic rings. The van der Waals surface area contributed by atoms with E-state index in [9.17, 15) is 14.9 Å². The van der Waals surface area contributed by atoms with E-state index in [4.69, 9.17) is 0 Å². The maximum absolute atomic E-state index is 13.0. The average molecular weight is 447 g/mol. The Morgan fingerprint density at radius 3 is 2.52 bits per heavy atom. The van der Waals surface area contributed by atoms with E-state index in [1.165, 1.54) is 6.92 Å². The number of carbonyl (C=O) groups is 2. The lowest BCUT2D eigenvalue weighted by molar-refractivity contribution is 0.101. The predicted octanol–water partition coefficient (Wildman–Crippen LogP) is 4.27. The van der Waals surface area contributed by atoms with Crippen molar-refractivity contribution in [2.75, 3.05) is 25.0 Å².